The van der Waals surface area contributed by atoms with Crippen LogP contribution in [0.15, 0.2) is 53.0 Å². The van der Waals surface area contributed by atoms with E-state index in [-0.39, 0.29) is 5.92 Å². The smallest absolute Gasteiger partial charge is 0.144 e. The van der Waals surface area contributed by atoms with E-state index in [1.54, 1.807) is 0 Å². The van der Waals surface area contributed by atoms with Gasteiger partial charge >= 0.3 is 0 Å². The second-order valence-corrected chi connectivity index (χ2v) is 6.39. The SMILES string of the molecule is Cc1[nH]c2ccccc2c1C(c1cccc(Br)c1)C(C#N)C#N. The Bertz CT molecular complexity index is 929. The number of nitriles is 2. The summed E-state index contributed by atoms with van der Waals surface area (Å²) in [5.74, 6) is -1.04. The van der Waals surface area contributed by atoms with Crippen molar-refractivity contribution in [1.82, 2.24) is 4.98 Å². The van der Waals surface area contributed by atoms with Crippen molar-refractivity contribution in [2.75, 3.05) is 0 Å². The standard InChI is InChI=1S/C19H14BrN3/c1-12-18(16-7-2-3-8-17(16)23-12)19(14(10-21)11-22)13-5-4-6-15(20)9-13/h2-9,14,19,23H,1H3. The fourth-order valence-corrected chi connectivity index (χ4v) is 3.52. The first kappa shape index (κ1) is 15.3. The highest BCUT2D eigenvalue weighted by Crippen LogP contribution is 2.38. The summed E-state index contributed by atoms with van der Waals surface area (Å²) < 4.78 is 0.937. The maximum absolute atomic E-state index is 9.49. The number of fused-ring (bicyclic) bond motifs is 1. The summed E-state index contributed by atoms with van der Waals surface area (Å²) in [6.07, 6.45) is 0. The number of nitrogens with one attached hydrogen (secondary N) is 1. The number of hydrogen-bond acceptors (Lipinski definition) is 2. The molecule has 0 fully saturated rings. The zero-order valence-electron chi connectivity index (χ0n) is 12.5. The van der Waals surface area contributed by atoms with Gasteiger partial charge in [-0.05, 0) is 36.2 Å². The van der Waals surface area contributed by atoms with Crippen molar-refractivity contribution < 1.29 is 0 Å². The van der Waals surface area contributed by atoms with Gasteiger partial charge in [-0.2, -0.15) is 10.5 Å². The third kappa shape index (κ3) is 2.74. The molecule has 2 aromatic carbocycles. The lowest BCUT2D eigenvalue weighted by Crippen LogP contribution is -2.12. The zero-order chi connectivity index (χ0) is 16.4. The molecule has 3 rings (SSSR count). The van der Waals surface area contributed by atoms with Crippen molar-refractivity contribution in [3.8, 4) is 12.1 Å². The lowest BCUT2D eigenvalue weighted by molar-refractivity contribution is 0.709. The predicted molar refractivity (Wildman–Crippen MR) is 93.7 cm³/mol. The summed E-state index contributed by atoms with van der Waals surface area (Å²) in [5, 5.41) is 20.0. The van der Waals surface area contributed by atoms with Crippen LogP contribution < -0.4 is 0 Å². The monoisotopic (exact) mass is 363 g/mol. The van der Waals surface area contributed by atoms with Crippen molar-refractivity contribution in [3.63, 3.8) is 0 Å². The number of aryl methyl sites for hydroxylation is 1. The Labute approximate surface area is 143 Å². The molecule has 3 aromatic rings. The van der Waals surface area contributed by atoms with Crippen molar-refractivity contribution in [2.24, 2.45) is 5.92 Å². The molecule has 0 aliphatic heterocycles. The van der Waals surface area contributed by atoms with Gasteiger partial charge in [0.15, 0.2) is 0 Å². The van der Waals surface area contributed by atoms with Gasteiger partial charge in [-0.15, -0.1) is 0 Å². The first-order valence-electron chi connectivity index (χ1n) is 7.27. The quantitative estimate of drug-likeness (QED) is 0.708. The number of H-pyrrole nitrogens is 1. The van der Waals surface area contributed by atoms with Gasteiger partial charge in [0.25, 0.3) is 0 Å². The fourth-order valence-electron chi connectivity index (χ4n) is 3.10. The van der Waals surface area contributed by atoms with Gasteiger partial charge in [0.1, 0.15) is 5.92 Å². The van der Waals surface area contributed by atoms with Crippen molar-refractivity contribution in [1.29, 1.82) is 10.5 Å². The zero-order valence-corrected chi connectivity index (χ0v) is 14.1. The second kappa shape index (κ2) is 6.28. The molecule has 1 aromatic heterocycles. The van der Waals surface area contributed by atoms with E-state index in [2.05, 4.69) is 33.1 Å². The summed E-state index contributed by atoms with van der Waals surface area (Å²) in [6, 6.07) is 20.1. The number of rotatable bonds is 3. The van der Waals surface area contributed by atoms with E-state index in [4.69, 9.17) is 0 Å². The predicted octanol–water partition coefficient (Wildman–Crippen LogP) is 5.03. The number of nitrogens with zero attached hydrogens (tertiary/aromatic N) is 2. The first-order valence-corrected chi connectivity index (χ1v) is 8.07. The Hall–Kier alpha value is -2.56. The number of benzene rings is 2. The second-order valence-electron chi connectivity index (χ2n) is 5.48. The molecule has 1 N–H and O–H groups in total. The van der Waals surface area contributed by atoms with Crippen molar-refractivity contribution in [3.05, 3.63) is 69.8 Å². The molecular formula is C19H14BrN3. The maximum atomic E-state index is 9.49. The minimum Gasteiger partial charge on any atom is -0.358 e. The Kier molecular flexibility index (Phi) is 4.19. The van der Waals surface area contributed by atoms with E-state index in [0.717, 1.165) is 32.2 Å². The molecule has 0 bridgehead atoms. The molecule has 0 radical (unpaired) electrons. The lowest BCUT2D eigenvalue weighted by atomic mass is 9.81. The van der Waals surface area contributed by atoms with E-state index < -0.39 is 5.92 Å². The Morgan fingerprint density at radius 3 is 2.48 bits per heavy atom. The van der Waals surface area contributed by atoms with E-state index in [0.29, 0.717) is 0 Å². The van der Waals surface area contributed by atoms with Crippen molar-refractivity contribution in [2.45, 2.75) is 12.8 Å². The highest BCUT2D eigenvalue weighted by molar-refractivity contribution is 9.10. The third-order valence-corrected chi connectivity index (χ3v) is 4.57. The average Bonchev–Trinajstić information content (AvgIpc) is 2.88. The van der Waals surface area contributed by atoms with Crippen LogP contribution >= 0.6 is 15.9 Å². The molecule has 1 atom stereocenters. The van der Waals surface area contributed by atoms with Crippen LogP contribution in [0.5, 0.6) is 0 Å². The van der Waals surface area contributed by atoms with Gasteiger partial charge in [-0.3, -0.25) is 0 Å². The minimum atomic E-state index is -0.748. The maximum Gasteiger partial charge on any atom is 0.144 e. The van der Waals surface area contributed by atoms with Gasteiger partial charge in [-0.1, -0.05) is 46.3 Å². The summed E-state index contributed by atoms with van der Waals surface area (Å²) in [4.78, 5) is 3.36. The largest absolute Gasteiger partial charge is 0.358 e. The van der Waals surface area contributed by atoms with E-state index >= 15 is 0 Å². The molecule has 23 heavy (non-hydrogen) atoms. The summed E-state index contributed by atoms with van der Waals surface area (Å²) in [7, 11) is 0. The lowest BCUT2D eigenvalue weighted by Gasteiger charge is -2.19. The van der Waals surface area contributed by atoms with Crippen molar-refractivity contribution >= 4 is 26.8 Å². The molecule has 112 valence electrons. The van der Waals surface area contributed by atoms with E-state index in [1.165, 1.54) is 0 Å². The number of aromatic nitrogens is 1. The van der Waals surface area contributed by atoms with Crippen LogP contribution in [0.4, 0.5) is 0 Å². The molecule has 0 aliphatic carbocycles. The molecule has 3 nitrogen and oxygen atoms in total. The topological polar surface area (TPSA) is 63.4 Å². The third-order valence-electron chi connectivity index (χ3n) is 4.07. The molecular weight excluding hydrogens is 350 g/mol. The Balaban J connectivity index is 2.29. The first-order chi connectivity index (χ1) is 11.2. The van der Waals surface area contributed by atoms with Crippen LogP contribution in [-0.2, 0) is 0 Å². The molecule has 0 spiro atoms. The van der Waals surface area contributed by atoms with Crippen LogP contribution in [-0.4, -0.2) is 4.98 Å². The summed E-state index contributed by atoms with van der Waals surface area (Å²) >= 11 is 3.48. The highest BCUT2D eigenvalue weighted by atomic mass is 79.9. The van der Waals surface area contributed by atoms with Gasteiger partial charge in [0, 0.05) is 27.0 Å². The van der Waals surface area contributed by atoms with Crippen LogP contribution in [0.2, 0.25) is 0 Å². The van der Waals surface area contributed by atoms with Crippen LogP contribution in [0.1, 0.15) is 22.7 Å². The average molecular weight is 364 g/mol. The van der Waals surface area contributed by atoms with Gasteiger partial charge in [0.05, 0.1) is 12.1 Å². The van der Waals surface area contributed by atoms with E-state index in [1.807, 2.05) is 55.5 Å². The van der Waals surface area contributed by atoms with Crippen LogP contribution in [0.25, 0.3) is 10.9 Å². The summed E-state index contributed by atoms with van der Waals surface area (Å²) in [5.41, 5.74) is 3.99. The molecule has 0 saturated heterocycles. The molecule has 0 aliphatic rings. The number of aromatic amines is 1. The normalized spacial score (nSPS) is 12.0. The Morgan fingerprint density at radius 2 is 1.78 bits per heavy atom. The number of hydrogen-bond donors (Lipinski definition) is 1. The summed E-state index contributed by atoms with van der Waals surface area (Å²) in [6.45, 7) is 1.99. The molecule has 4 heteroatoms. The molecule has 1 unspecified atom stereocenters. The highest BCUT2D eigenvalue weighted by Gasteiger charge is 2.29. The number of para-hydroxylation sites is 1. The van der Waals surface area contributed by atoms with E-state index in [9.17, 15) is 10.5 Å². The Morgan fingerprint density at radius 1 is 1.04 bits per heavy atom. The van der Waals surface area contributed by atoms with Gasteiger partial charge in [0.2, 0.25) is 0 Å². The van der Waals surface area contributed by atoms with Crippen LogP contribution in [0.3, 0.4) is 0 Å². The fraction of sp³-hybridized carbons (Fsp3) is 0.158. The van der Waals surface area contributed by atoms with Gasteiger partial charge in [-0.25, -0.2) is 0 Å². The number of halogens is 1. The van der Waals surface area contributed by atoms with Gasteiger partial charge < -0.3 is 4.98 Å². The van der Waals surface area contributed by atoms with Crippen LogP contribution in [0, 0.1) is 35.5 Å². The molecule has 0 saturated carbocycles. The minimum absolute atomic E-state index is 0.293. The molecule has 1 heterocycles. The molecule has 0 amide bonds.